The number of alkyl halides is 6. The molecule has 222 valence electrons. The number of hydrogen-bond acceptors (Lipinski definition) is 2. The Hall–Kier alpha value is -3.99. The van der Waals surface area contributed by atoms with Crippen LogP contribution in [-0.4, -0.2) is 34.8 Å². The molecule has 0 aliphatic heterocycles. The van der Waals surface area contributed by atoms with Crippen LogP contribution in [0.1, 0.15) is 45.5 Å². The van der Waals surface area contributed by atoms with E-state index in [0.717, 1.165) is 26.9 Å². The maximum atomic E-state index is 13.5. The van der Waals surface area contributed by atoms with Crippen LogP contribution in [0.5, 0.6) is 0 Å². The van der Waals surface area contributed by atoms with Gasteiger partial charge in [0.15, 0.2) is 0 Å². The number of carbonyl (C=O) groups excluding carboxylic acids is 2. The molecular formula is C30H26ClF6N3O2. The van der Waals surface area contributed by atoms with E-state index in [2.05, 4.69) is 10.3 Å². The molecule has 42 heavy (non-hydrogen) atoms. The Morgan fingerprint density at radius 1 is 0.952 bits per heavy atom. The number of benzene rings is 3. The predicted molar refractivity (Wildman–Crippen MR) is 148 cm³/mol. The van der Waals surface area contributed by atoms with Gasteiger partial charge in [-0.25, -0.2) is 0 Å². The molecule has 0 fully saturated rings. The Labute approximate surface area is 242 Å². The van der Waals surface area contributed by atoms with Crippen LogP contribution < -0.4 is 5.32 Å². The average Bonchev–Trinajstić information content (AvgIpc) is 3.33. The first kappa shape index (κ1) is 31.0. The highest BCUT2D eigenvalue weighted by Gasteiger charge is 2.38. The summed E-state index contributed by atoms with van der Waals surface area (Å²) < 4.78 is 80.7. The van der Waals surface area contributed by atoms with Crippen molar-refractivity contribution in [3.63, 3.8) is 0 Å². The first-order valence-electron chi connectivity index (χ1n) is 12.8. The number of hydrogen-bond donors (Lipinski definition) is 2. The van der Waals surface area contributed by atoms with Crippen molar-refractivity contribution in [2.75, 3.05) is 12.4 Å². The number of amides is 2. The van der Waals surface area contributed by atoms with Crippen molar-refractivity contribution in [3.8, 4) is 0 Å². The zero-order valence-corrected chi connectivity index (χ0v) is 23.2. The standard InChI is InChI=1S/C30H26ClF6N3O2/c1-17-11-22(31)7-9-25(17)39-27(41)10-8-23(14-19-16-38-26-6-4-3-5-24(19)26)40(2)28(42)18-12-20(29(32,33)34)15-21(13-18)30(35,36)37/h3-7,9,11-13,15-16,23,38H,8,10,14H2,1-2H3,(H,39,41). The fraction of sp³-hybridized carbons (Fsp3) is 0.267. The Morgan fingerprint density at radius 3 is 2.21 bits per heavy atom. The molecule has 1 atom stereocenters. The number of anilines is 1. The minimum absolute atomic E-state index is 0.0245. The fourth-order valence-electron chi connectivity index (χ4n) is 4.71. The third-order valence-corrected chi connectivity index (χ3v) is 7.24. The first-order valence-corrected chi connectivity index (χ1v) is 13.2. The summed E-state index contributed by atoms with van der Waals surface area (Å²) in [5.41, 5.74) is -1.09. The average molecular weight is 610 g/mol. The van der Waals surface area contributed by atoms with Crippen LogP contribution in [-0.2, 0) is 23.6 Å². The van der Waals surface area contributed by atoms with E-state index in [4.69, 9.17) is 11.6 Å². The third-order valence-electron chi connectivity index (χ3n) is 7.00. The number of carbonyl (C=O) groups is 2. The van der Waals surface area contributed by atoms with Gasteiger partial charge in [-0.05, 0) is 73.4 Å². The molecule has 2 amide bonds. The highest BCUT2D eigenvalue weighted by atomic mass is 35.5. The maximum Gasteiger partial charge on any atom is 0.416 e. The molecule has 4 aromatic rings. The van der Waals surface area contributed by atoms with Crippen molar-refractivity contribution in [1.82, 2.24) is 9.88 Å². The SMILES string of the molecule is Cc1cc(Cl)ccc1NC(=O)CCC(Cc1c[nH]c2ccccc12)N(C)C(=O)c1cc(C(F)(F)F)cc(C(F)(F)F)c1. The van der Waals surface area contributed by atoms with E-state index in [1.165, 1.54) is 7.05 Å². The number of halogens is 7. The molecule has 5 nitrogen and oxygen atoms in total. The Balaban J connectivity index is 1.63. The van der Waals surface area contributed by atoms with Crippen LogP contribution in [0, 0.1) is 6.92 Å². The molecule has 1 aromatic heterocycles. The van der Waals surface area contributed by atoms with Gasteiger partial charge in [0.25, 0.3) is 5.91 Å². The van der Waals surface area contributed by atoms with Gasteiger partial charge in [0.2, 0.25) is 5.91 Å². The molecule has 1 unspecified atom stereocenters. The molecule has 4 rings (SSSR count). The van der Waals surface area contributed by atoms with Crippen LogP contribution in [0.2, 0.25) is 5.02 Å². The van der Waals surface area contributed by atoms with E-state index in [1.54, 1.807) is 31.3 Å². The highest BCUT2D eigenvalue weighted by molar-refractivity contribution is 6.30. The predicted octanol–water partition coefficient (Wildman–Crippen LogP) is 8.27. The number of aromatic nitrogens is 1. The summed E-state index contributed by atoms with van der Waals surface area (Å²) in [5.74, 6) is -1.42. The van der Waals surface area contributed by atoms with Gasteiger partial charge < -0.3 is 15.2 Å². The molecule has 12 heteroatoms. The summed E-state index contributed by atoms with van der Waals surface area (Å²) in [5, 5.41) is 4.10. The van der Waals surface area contributed by atoms with Crippen molar-refractivity contribution < 1.29 is 35.9 Å². The lowest BCUT2D eigenvalue weighted by atomic mass is 9.98. The Bertz CT molecular complexity index is 1580. The van der Waals surface area contributed by atoms with E-state index in [0.29, 0.717) is 22.8 Å². The number of para-hydroxylation sites is 1. The zero-order valence-electron chi connectivity index (χ0n) is 22.5. The van der Waals surface area contributed by atoms with E-state index in [-0.39, 0.29) is 31.2 Å². The molecule has 2 N–H and O–H groups in total. The number of H-pyrrole nitrogens is 1. The minimum atomic E-state index is -5.10. The van der Waals surface area contributed by atoms with Crippen LogP contribution in [0.25, 0.3) is 10.9 Å². The number of nitrogens with zero attached hydrogens (tertiary/aromatic N) is 1. The van der Waals surface area contributed by atoms with Crippen LogP contribution in [0.15, 0.2) is 66.9 Å². The number of nitrogens with one attached hydrogen (secondary N) is 2. The van der Waals surface area contributed by atoms with Gasteiger partial charge >= 0.3 is 12.4 Å². The lowest BCUT2D eigenvalue weighted by Crippen LogP contribution is -2.39. The van der Waals surface area contributed by atoms with Crippen molar-refractivity contribution in [3.05, 3.63) is 99.7 Å². The summed E-state index contributed by atoms with van der Waals surface area (Å²) in [7, 11) is 1.30. The third kappa shape index (κ3) is 7.25. The first-order chi connectivity index (χ1) is 19.6. The summed E-state index contributed by atoms with van der Waals surface area (Å²) in [4.78, 5) is 30.5. The summed E-state index contributed by atoms with van der Waals surface area (Å²) >= 11 is 5.97. The largest absolute Gasteiger partial charge is 0.416 e. The van der Waals surface area contributed by atoms with Gasteiger partial charge in [0, 0.05) is 52.9 Å². The lowest BCUT2D eigenvalue weighted by molar-refractivity contribution is -0.143. The molecule has 0 saturated carbocycles. The second-order valence-electron chi connectivity index (χ2n) is 9.97. The van der Waals surface area contributed by atoms with Crippen molar-refractivity contribution in [2.24, 2.45) is 0 Å². The minimum Gasteiger partial charge on any atom is -0.361 e. The van der Waals surface area contributed by atoms with E-state index in [9.17, 15) is 35.9 Å². The van der Waals surface area contributed by atoms with Crippen LogP contribution in [0.3, 0.4) is 0 Å². The molecule has 0 spiro atoms. The smallest absolute Gasteiger partial charge is 0.361 e. The lowest BCUT2D eigenvalue weighted by Gasteiger charge is -2.29. The second kappa shape index (κ2) is 12.1. The van der Waals surface area contributed by atoms with E-state index < -0.39 is 41.0 Å². The van der Waals surface area contributed by atoms with Crippen LogP contribution in [0.4, 0.5) is 32.0 Å². The van der Waals surface area contributed by atoms with Crippen molar-refractivity contribution in [2.45, 2.75) is 44.6 Å². The Kier molecular flexibility index (Phi) is 8.91. The fourth-order valence-corrected chi connectivity index (χ4v) is 4.94. The number of likely N-dealkylation sites (N-methyl/N-ethyl adjacent to an activating group) is 1. The Morgan fingerprint density at radius 2 is 1.60 bits per heavy atom. The monoisotopic (exact) mass is 609 g/mol. The van der Waals surface area contributed by atoms with Crippen molar-refractivity contribution in [1.29, 1.82) is 0 Å². The zero-order chi connectivity index (χ0) is 30.8. The highest BCUT2D eigenvalue weighted by Crippen LogP contribution is 2.37. The summed E-state index contributed by atoms with van der Waals surface area (Å²) in [6.45, 7) is 1.76. The topological polar surface area (TPSA) is 65.2 Å². The normalized spacial score (nSPS) is 12.8. The molecule has 0 aliphatic rings. The van der Waals surface area contributed by atoms with Crippen molar-refractivity contribution >= 4 is 40.0 Å². The van der Waals surface area contributed by atoms with Gasteiger partial charge in [0.05, 0.1) is 11.1 Å². The van der Waals surface area contributed by atoms with E-state index >= 15 is 0 Å². The molecule has 1 heterocycles. The summed E-state index contributed by atoms with van der Waals surface area (Å²) in [6.07, 6.45) is -8.30. The van der Waals surface area contributed by atoms with E-state index in [1.807, 2.05) is 24.3 Å². The number of aromatic amines is 1. The molecule has 0 saturated heterocycles. The molecule has 0 radical (unpaired) electrons. The van der Waals surface area contributed by atoms with Gasteiger partial charge in [-0.15, -0.1) is 0 Å². The van der Waals surface area contributed by atoms with Crippen LogP contribution >= 0.6 is 11.6 Å². The quantitative estimate of drug-likeness (QED) is 0.198. The molecule has 3 aromatic carbocycles. The van der Waals surface area contributed by atoms with Gasteiger partial charge in [0.1, 0.15) is 0 Å². The number of aryl methyl sites for hydroxylation is 1. The molecular weight excluding hydrogens is 584 g/mol. The van der Waals surface area contributed by atoms with Gasteiger partial charge in [-0.2, -0.15) is 26.3 Å². The molecule has 0 bridgehead atoms. The second-order valence-corrected chi connectivity index (χ2v) is 10.4. The molecule has 0 aliphatic carbocycles. The number of fused-ring (bicyclic) bond motifs is 1. The number of rotatable bonds is 8. The van der Waals surface area contributed by atoms with Gasteiger partial charge in [-0.3, -0.25) is 9.59 Å². The van der Waals surface area contributed by atoms with Gasteiger partial charge in [-0.1, -0.05) is 29.8 Å². The maximum absolute atomic E-state index is 13.5. The summed E-state index contributed by atoms with van der Waals surface area (Å²) in [6, 6.07) is 12.3.